The van der Waals surface area contributed by atoms with Gasteiger partial charge >= 0.3 is 0 Å². The van der Waals surface area contributed by atoms with Crippen molar-refractivity contribution in [3.63, 3.8) is 0 Å². The molecule has 0 heterocycles. The van der Waals surface area contributed by atoms with Crippen LogP contribution >= 0.6 is 0 Å². The highest BCUT2D eigenvalue weighted by atomic mass is 19.2. The molecule has 2 aliphatic rings. The van der Waals surface area contributed by atoms with E-state index in [1.165, 1.54) is 50.7 Å². The maximum Gasteiger partial charge on any atom is 0.194 e. The van der Waals surface area contributed by atoms with Crippen molar-refractivity contribution in [1.82, 2.24) is 0 Å². The first-order valence-electron chi connectivity index (χ1n) is 10.6. The molecule has 2 saturated carbocycles. The fourth-order valence-corrected chi connectivity index (χ4v) is 5.61. The Morgan fingerprint density at radius 3 is 1.85 bits per heavy atom. The molecule has 1 unspecified atom stereocenters. The topological polar surface area (TPSA) is 0 Å². The molecule has 0 saturated heterocycles. The fraction of sp³-hybridized carbons (Fsp3) is 0.739. The molecule has 0 aromatic heterocycles. The van der Waals surface area contributed by atoms with Crippen LogP contribution in [0.25, 0.3) is 0 Å². The third kappa shape index (κ3) is 4.46. The Morgan fingerprint density at radius 1 is 0.846 bits per heavy atom. The summed E-state index contributed by atoms with van der Waals surface area (Å²) in [6, 6.07) is 2.40. The summed E-state index contributed by atoms with van der Waals surface area (Å²) in [5, 5.41) is 0. The standard InChI is InChI=1S/C23H33F3/c1-3-4-15(2)16-5-7-17(8-6-16)18-9-11-19(12-10-18)20-13-21(24)23(26)22(25)14-20/h13-19H,3-12H2,1-2H3. The minimum absolute atomic E-state index is 0.178. The van der Waals surface area contributed by atoms with Crippen LogP contribution in [0.15, 0.2) is 12.1 Å². The minimum atomic E-state index is -1.35. The quantitative estimate of drug-likeness (QED) is 0.470. The minimum Gasteiger partial charge on any atom is -0.204 e. The lowest BCUT2D eigenvalue weighted by molar-refractivity contribution is 0.136. The molecule has 2 fully saturated rings. The molecule has 0 bridgehead atoms. The molecule has 1 aromatic carbocycles. The SMILES string of the molecule is CCCC(C)C1CCC(C2CCC(c3cc(F)c(F)c(F)c3)CC2)CC1. The Balaban J connectivity index is 1.50. The van der Waals surface area contributed by atoms with Gasteiger partial charge in [-0.3, -0.25) is 0 Å². The van der Waals surface area contributed by atoms with Gasteiger partial charge in [0.1, 0.15) is 0 Å². The van der Waals surface area contributed by atoms with E-state index in [9.17, 15) is 13.2 Å². The van der Waals surface area contributed by atoms with Crippen molar-refractivity contribution < 1.29 is 13.2 Å². The first-order valence-corrected chi connectivity index (χ1v) is 10.6. The molecule has 3 rings (SSSR count). The maximum atomic E-state index is 13.5. The molecule has 0 nitrogen and oxygen atoms in total. The average molecular weight is 367 g/mol. The first-order chi connectivity index (χ1) is 12.5. The van der Waals surface area contributed by atoms with Crippen molar-refractivity contribution in [2.45, 2.75) is 84.0 Å². The van der Waals surface area contributed by atoms with Gasteiger partial charge in [0.2, 0.25) is 0 Å². The molecule has 0 radical (unpaired) electrons. The van der Waals surface area contributed by atoms with E-state index in [4.69, 9.17) is 0 Å². The van der Waals surface area contributed by atoms with Crippen LogP contribution in [-0.4, -0.2) is 0 Å². The lowest BCUT2D eigenvalue weighted by atomic mass is 9.66. The van der Waals surface area contributed by atoms with E-state index >= 15 is 0 Å². The summed E-state index contributed by atoms with van der Waals surface area (Å²) in [6.45, 7) is 4.69. The van der Waals surface area contributed by atoms with Crippen molar-refractivity contribution in [1.29, 1.82) is 0 Å². The average Bonchev–Trinajstić information content (AvgIpc) is 2.66. The Bertz CT molecular complexity index is 558. The van der Waals surface area contributed by atoms with Crippen LogP contribution in [0.5, 0.6) is 0 Å². The molecule has 3 heteroatoms. The van der Waals surface area contributed by atoms with Gasteiger partial charge in [-0.25, -0.2) is 13.2 Å². The predicted octanol–water partition coefficient (Wildman–Crippen LogP) is 7.62. The Hall–Kier alpha value is -0.990. The molecule has 0 amide bonds. The highest BCUT2D eigenvalue weighted by Crippen LogP contribution is 2.45. The fourth-order valence-electron chi connectivity index (χ4n) is 5.61. The molecular weight excluding hydrogens is 333 g/mol. The normalized spacial score (nSPS) is 31.0. The summed E-state index contributed by atoms with van der Waals surface area (Å²) < 4.78 is 40.2. The maximum absolute atomic E-state index is 13.5. The van der Waals surface area contributed by atoms with Crippen LogP contribution in [0, 0.1) is 41.1 Å². The van der Waals surface area contributed by atoms with Crippen molar-refractivity contribution >= 4 is 0 Å². The highest BCUT2D eigenvalue weighted by molar-refractivity contribution is 5.23. The van der Waals surface area contributed by atoms with Crippen molar-refractivity contribution in [3.8, 4) is 0 Å². The predicted molar refractivity (Wildman–Crippen MR) is 101 cm³/mol. The van der Waals surface area contributed by atoms with E-state index < -0.39 is 17.5 Å². The zero-order valence-corrected chi connectivity index (χ0v) is 16.2. The summed E-state index contributed by atoms with van der Waals surface area (Å²) in [7, 11) is 0. The van der Waals surface area contributed by atoms with E-state index in [1.54, 1.807) is 0 Å². The smallest absolute Gasteiger partial charge is 0.194 e. The first kappa shape index (κ1) is 19.8. The van der Waals surface area contributed by atoms with Gasteiger partial charge in [-0.15, -0.1) is 0 Å². The van der Waals surface area contributed by atoms with Gasteiger partial charge in [0.05, 0.1) is 0 Å². The summed E-state index contributed by atoms with van der Waals surface area (Å²) in [5.41, 5.74) is 0.636. The second-order valence-corrected chi connectivity index (χ2v) is 8.85. The van der Waals surface area contributed by atoms with Crippen LogP contribution < -0.4 is 0 Å². The van der Waals surface area contributed by atoms with Crippen LogP contribution in [0.3, 0.4) is 0 Å². The van der Waals surface area contributed by atoms with E-state index in [-0.39, 0.29) is 5.92 Å². The third-order valence-electron chi connectivity index (χ3n) is 7.28. The summed E-state index contributed by atoms with van der Waals surface area (Å²) in [4.78, 5) is 0. The van der Waals surface area contributed by atoms with E-state index in [0.717, 1.165) is 49.4 Å². The van der Waals surface area contributed by atoms with E-state index in [2.05, 4.69) is 13.8 Å². The number of hydrogen-bond acceptors (Lipinski definition) is 0. The number of hydrogen-bond donors (Lipinski definition) is 0. The monoisotopic (exact) mass is 366 g/mol. The van der Waals surface area contributed by atoms with Crippen molar-refractivity contribution in [2.75, 3.05) is 0 Å². The Labute approximate surface area is 156 Å². The second kappa shape index (κ2) is 8.80. The molecule has 2 aliphatic carbocycles. The van der Waals surface area contributed by atoms with Crippen molar-refractivity contribution in [2.24, 2.45) is 23.7 Å². The lowest BCUT2D eigenvalue weighted by Gasteiger charge is -2.39. The molecule has 1 aromatic rings. The zero-order chi connectivity index (χ0) is 18.7. The van der Waals surface area contributed by atoms with Crippen LogP contribution in [-0.2, 0) is 0 Å². The molecule has 26 heavy (non-hydrogen) atoms. The number of rotatable bonds is 5. The molecule has 0 N–H and O–H groups in total. The number of benzene rings is 1. The number of halogens is 3. The largest absolute Gasteiger partial charge is 0.204 e. The molecular formula is C23H33F3. The molecule has 0 spiro atoms. The lowest BCUT2D eigenvalue weighted by Crippen LogP contribution is -2.27. The summed E-state index contributed by atoms with van der Waals surface area (Å²) >= 11 is 0. The second-order valence-electron chi connectivity index (χ2n) is 8.85. The summed E-state index contributed by atoms with van der Waals surface area (Å²) in [5.74, 6) is 0.0933. The van der Waals surface area contributed by atoms with Gasteiger partial charge in [0.15, 0.2) is 17.5 Å². The molecule has 1 atom stereocenters. The van der Waals surface area contributed by atoms with E-state index in [1.807, 2.05) is 0 Å². The van der Waals surface area contributed by atoms with Gasteiger partial charge in [-0.1, -0.05) is 26.7 Å². The van der Waals surface area contributed by atoms with Gasteiger partial charge in [0.25, 0.3) is 0 Å². The zero-order valence-electron chi connectivity index (χ0n) is 16.2. The highest BCUT2D eigenvalue weighted by Gasteiger charge is 2.32. The summed E-state index contributed by atoms with van der Waals surface area (Å²) in [6.07, 6.45) is 12.3. The van der Waals surface area contributed by atoms with E-state index in [0.29, 0.717) is 5.56 Å². The molecule has 0 aliphatic heterocycles. The Morgan fingerprint density at radius 2 is 1.35 bits per heavy atom. The van der Waals surface area contributed by atoms with Crippen LogP contribution in [0.2, 0.25) is 0 Å². The van der Waals surface area contributed by atoms with Gasteiger partial charge in [-0.2, -0.15) is 0 Å². The van der Waals surface area contributed by atoms with Gasteiger partial charge in [0, 0.05) is 0 Å². The van der Waals surface area contributed by atoms with Crippen LogP contribution in [0.1, 0.15) is 89.5 Å². The van der Waals surface area contributed by atoms with Crippen LogP contribution in [0.4, 0.5) is 13.2 Å². The van der Waals surface area contributed by atoms with Gasteiger partial charge in [-0.05, 0) is 98.7 Å². The van der Waals surface area contributed by atoms with Gasteiger partial charge < -0.3 is 0 Å². The third-order valence-corrected chi connectivity index (χ3v) is 7.28. The molecule has 146 valence electrons. The Kier molecular flexibility index (Phi) is 6.69. The van der Waals surface area contributed by atoms with Crippen molar-refractivity contribution in [3.05, 3.63) is 35.1 Å².